The Morgan fingerprint density at radius 2 is 2.04 bits per heavy atom. The number of thioether (sulfide) groups is 1. The third-order valence-corrected chi connectivity index (χ3v) is 6.43. The zero-order chi connectivity index (χ0) is 19.7. The molecule has 2 aromatic rings. The third-order valence-electron chi connectivity index (χ3n) is 5.89. The molecule has 0 saturated carbocycles. The molecule has 0 radical (unpaired) electrons. The third kappa shape index (κ3) is 3.20. The van der Waals surface area contributed by atoms with Gasteiger partial charge in [0.05, 0.1) is 17.9 Å². The van der Waals surface area contributed by atoms with E-state index in [1.807, 2.05) is 40.3 Å². The molecule has 4 rings (SSSR count). The van der Waals surface area contributed by atoms with Gasteiger partial charge in [-0.3, -0.25) is 9.59 Å². The van der Waals surface area contributed by atoms with Gasteiger partial charge in [-0.15, -0.1) is 0 Å². The highest BCUT2D eigenvalue weighted by Crippen LogP contribution is 2.43. The van der Waals surface area contributed by atoms with Gasteiger partial charge in [-0.25, -0.2) is 4.98 Å². The Morgan fingerprint density at radius 1 is 1.29 bits per heavy atom. The lowest BCUT2D eigenvalue weighted by atomic mass is 9.82. The van der Waals surface area contributed by atoms with Crippen molar-refractivity contribution in [1.29, 1.82) is 0 Å². The molecule has 0 spiro atoms. The Bertz CT molecular complexity index is 872. The van der Waals surface area contributed by atoms with Crippen LogP contribution in [0.5, 0.6) is 0 Å². The number of benzene rings is 1. The number of aromatic nitrogens is 2. The Morgan fingerprint density at radius 3 is 2.71 bits per heavy atom. The second kappa shape index (κ2) is 7.60. The summed E-state index contributed by atoms with van der Waals surface area (Å²) in [5.41, 5.74) is 0.939. The van der Waals surface area contributed by atoms with Crippen LogP contribution in [0.15, 0.2) is 36.7 Å². The van der Waals surface area contributed by atoms with E-state index in [2.05, 4.69) is 9.97 Å². The number of aliphatic hydroxyl groups excluding tert-OH is 1. The number of aromatic amines is 1. The van der Waals surface area contributed by atoms with Crippen molar-refractivity contribution in [2.75, 3.05) is 44.8 Å². The summed E-state index contributed by atoms with van der Waals surface area (Å²) in [6.07, 6.45) is 5.31. The van der Waals surface area contributed by atoms with Crippen LogP contribution in [0.1, 0.15) is 10.4 Å². The van der Waals surface area contributed by atoms with Gasteiger partial charge in [0.15, 0.2) is 0 Å². The van der Waals surface area contributed by atoms with Crippen molar-refractivity contribution in [3.8, 4) is 11.4 Å². The lowest BCUT2D eigenvalue weighted by Gasteiger charge is -2.27. The molecule has 2 amide bonds. The highest BCUT2D eigenvalue weighted by molar-refractivity contribution is 7.99. The summed E-state index contributed by atoms with van der Waals surface area (Å²) in [4.78, 5) is 36.6. The van der Waals surface area contributed by atoms with Crippen molar-refractivity contribution in [3.05, 3.63) is 42.2 Å². The molecule has 3 heterocycles. The highest BCUT2D eigenvalue weighted by atomic mass is 32.2. The fraction of sp³-hybridized carbons (Fsp3) is 0.450. The number of aliphatic hydroxyl groups is 1. The molecule has 148 valence electrons. The van der Waals surface area contributed by atoms with Gasteiger partial charge in [-0.2, -0.15) is 11.8 Å². The number of nitrogens with zero attached hydrogens (tertiary/aromatic N) is 3. The van der Waals surface area contributed by atoms with Crippen LogP contribution in [0.4, 0.5) is 0 Å². The van der Waals surface area contributed by atoms with Gasteiger partial charge in [0, 0.05) is 55.5 Å². The minimum Gasteiger partial charge on any atom is -0.396 e. The van der Waals surface area contributed by atoms with E-state index in [0.717, 1.165) is 5.56 Å². The Labute approximate surface area is 168 Å². The molecule has 28 heavy (non-hydrogen) atoms. The highest BCUT2D eigenvalue weighted by Gasteiger charge is 2.54. The predicted molar refractivity (Wildman–Crippen MR) is 108 cm³/mol. The molecule has 2 aliphatic heterocycles. The zero-order valence-corrected chi connectivity index (χ0v) is 16.6. The standard InChI is InChI=1S/C20H24N4O3S/c1-28-10-17(26)23-8-14-9-24(12-20(14,11-23)13-25)19(27)16-5-3-2-4-15(16)18-21-6-7-22-18/h2-7,14,25H,8-13H2,1H3,(H,21,22). The van der Waals surface area contributed by atoms with Gasteiger partial charge in [-0.05, 0) is 12.3 Å². The van der Waals surface area contributed by atoms with Gasteiger partial charge < -0.3 is 19.9 Å². The van der Waals surface area contributed by atoms with Crippen LogP contribution in [-0.2, 0) is 4.79 Å². The minimum atomic E-state index is -0.427. The maximum Gasteiger partial charge on any atom is 0.254 e. The number of hydrogen-bond donors (Lipinski definition) is 2. The number of amides is 2. The summed E-state index contributed by atoms with van der Waals surface area (Å²) in [6.45, 7) is 2.10. The largest absolute Gasteiger partial charge is 0.396 e. The molecule has 2 atom stereocenters. The van der Waals surface area contributed by atoms with E-state index in [0.29, 0.717) is 43.3 Å². The Kier molecular flexibility index (Phi) is 5.16. The molecule has 2 fully saturated rings. The minimum absolute atomic E-state index is 0.0235. The van der Waals surface area contributed by atoms with E-state index in [-0.39, 0.29) is 24.3 Å². The average molecular weight is 401 g/mol. The molecule has 0 bridgehead atoms. The molecule has 0 aliphatic carbocycles. The van der Waals surface area contributed by atoms with Crippen LogP contribution >= 0.6 is 11.8 Å². The first kappa shape index (κ1) is 19.0. The molecule has 1 aromatic heterocycles. The number of fused-ring (bicyclic) bond motifs is 1. The van der Waals surface area contributed by atoms with Gasteiger partial charge in [0.25, 0.3) is 5.91 Å². The van der Waals surface area contributed by atoms with Crippen LogP contribution in [-0.4, -0.2) is 81.5 Å². The van der Waals surface area contributed by atoms with E-state index >= 15 is 0 Å². The van der Waals surface area contributed by atoms with Gasteiger partial charge in [0.1, 0.15) is 5.82 Å². The number of H-pyrrole nitrogens is 1. The number of carbonyl (C=O) groups is 2. The molecular weight excluding hydrogens is 376 g/mol. The van der Waals surface area contributed by atoms with Gasteiger partial charge >= 0.3 is 0 Å². The summed E-state index contributed by atoms with van der Waals surface area (Å²) in [5.74, 6) is 1.26. The number of imidazole rings is 1. The van der Waals surface area contributed by atoms with Crippen molar-refractivity contribution >= 4 is 23.6 Å². The van der Waals surface area contributed by atoms with Crippen molar-refractivity contribution in [2.24, 2.45) is 11.3 Å². The second-order valence-corrected chi connectivity index (χ2v) is 8.46. The lowest BCUT2D eigenvalue weighted by molar-refractivity contribution is -0.128. The lowest BCUT2D eigenvalue weighted by Crippen LogP contribution is -2.41. The first-order valence-corrected chi connectivity index (χ1v) is 10.7. The number of rotatable bonds is 5. The van der Waals surface area contributed by atoms with E-state index in [1.54, 1.807) is 12.4 Å². The molecular formula is C20H24N4O3S. The zero-order valence-electron chi connectivity index (χ0n) is 15.8. The van der Waals surface area contributed by atoms with E-state index in [1.165, 1.54) is 11.8 Å². The van der Waals surface area contributed by atoms with Gasteiger partial charge in [0.2, 0.25) is 5.91 Å². The summed E-state index contributed by atoms with van der Waals surface area (Å²) < 4.78 is 0. The first-order chi connectivity index (χ1) is 13.6. The monoisotopic (exact) mass is 400 g/mol. The van der Waals surface area contributed by atoms with Crippen LogP contribution in [0.25, 0.3) is 11.4 Å². The molecule has 2 N–H and O–H groups in total. The van der Waals surface area contributed by atoms with Crippen LogP contribution in [0.3, 0.4) is 0 Å². The van der Waals surface area contributed by atoms with Crippen molar-refractivity contribution in [2.45, 2.75) is 0 Å². The topological polar surface area (TPSA) is 89.5 Å². The van der Waals surface area contributed by atoms with E-state index < -0.39 is 5.41 Å². The van der Waals surface area contributed by atoms with E-state index in [4.69, 9.17) is 0 Å². The molecule has 2 unspecified atom stereocenters. The number of nitrogens with one attached hydrogen (secondary N) is 1. The van der Waals surface area contributed by atoms with Crippen LogP contribution in [0, 0.1) is 11.3 Å². The van der Waals surface area contributed by atoms with Crippen molar-refractivity contribution < 1.29 is 14.7 Å². The Hall–Kier alpha value is -2.32. The first-order valence-electron chi connectivity index (χ1n) is 9.33. The molecule has 7 nitrogen and oxygen atoms in total. The number of carbonyl (C=O) groups excluding carboxylic acids is 2. The number of hydrogen-bond acceptors (Lipinski definition) is 5. The van der Waals surface area contributed by atoms with Crippen molar-refractivity contribution in [3.63, 3.8) is 0 Å². The second-order valence-electron chi connectivity index (χ2n) is 7.59. The normalized spacial score (nSPS) is 23.9. The Balaban J connectivity index is 1.54. The summed E-state index contributed by atoms with van der Waals surface area (Å²) in [5, 5.41) is 10.1. The summed E-state index contributed by atoms with van der Waals surface area (Å²) in [7, 11) is 0. The maximum atomic E-state index is 13.3. The summed E-state index contributed by atoms with van der Waals surface area (Å²) >= 11 is 1.51. The van der Waals surface area contributed by atoms with Gasteiger partial charge in [-0.1, -0.05) is 18.2 Å². The molecule has 1 aromatic carbocycles. The SMILES string of the molecule is CSCC(=O)N1CC2CN(C(=O)c3ccccc3-c3ncc[nH]3)CC2(CO)C1. The molecule has 2 saturated heterocycles. The van der Waals surface area contributed by atoms with Crippen LogP contribution < -0.4 is 0 Å². The van der Waals surface area contributed by atoms with Crippen LogP contribution in [0.2, 0.25) is 0 Å². The van der Waals surface area contributed by atoms with Crippen molar-refractivity contribution in [1.82, 2.24) is 19.8 Å². The smallest absolute Gasteiger partial charge is 0.254 e. The molecule has 8 heteroatoms. The maximum absolute atomic E-state index is 13.3. The number of likely N-dealkylation sites (tertiary alicyclic amines) is 2. The predicted octanol–water partition coefficient (Wildman–Crippen LogP) is 1.33. The fourth-order valence-corrected chi connectivity index (χ4v) is 4.85. The van der Waals surface area contributed by atoms with E-state index in [9.17, 15) is 14.7 Å². The average Bonchev–Trinajstić information content (AvgIpc) is 3.42. The summed E-state index contributed by atoms with van der Waals surface area (Å²) in [6, 6.07) is 7.43. The quantitative estimate of drug-likeness (QED) is 0.790. The molecule has 2 aliphatic rings. The fourth-order valence-electron chi connectivity index (χ4n) is 4.42.